The average molecular weight is 498 g/mol. The lowest BCUT2D eigenvalue weighted by Crippen LogP contribution is -2.54. The second kappa shape index (κ2) is 8.60. The lowest BCUT2D eigenvalue weighted by molar-refractivity contribution is -0.122. The van der Waals surface area contributed by atoms with E-state index in [9.17, 15) is 14.4 Å². The predicted octanol–water partition coefficient (Wildman–Crippen LogP) is 5.99. The van der Waals surface area contributed by atoms with E-state index in [4.69, 9.17) is 23.2 Å². The Labute approximate surface area is 208 Å². The van der Waals surface area contributed by atoms with Crippen LogP contribution in [0.15, 0.2) is 42.0 Å². The summed E-state index contributed by atoms with van der Waals surface area (Å²) in [5.41, 5.74) is 4.75. The van der Waals surface area contributed by atoms with Crippen molar-refractivity contribution in [3.63, 3.8) is 0 Å². The van der Waals surface area contributed by atoms with Crippen LogP contribution in [-0.2, 0) is 9.59 Å². The number of nitrogens with one attached hydrogen (secondary N) is 1. The van der Waals surface area contributed by atoms with Gasteiger partial charge in [-0.1, -0.05) is 29.3 Å². The van der Waals surface area contributed by atoms with Crippen LogP contribution in [0.5, 0.6) is 0 Å². The van der Waals surface area contributed by atoms with Gasteiger partial charge >= 0.3 is 6.03 Å². The van der Waals surface area contributed by atoms with E-state index < -0.39 is 17.8 Å². The van der Waals surface area contributed by atoms with E-state index in [1.54, 1.807) is 0 Å². The van der Waals surface area contributed by atoms with Gasteiger partial charge in [-0.25, -0.2) is 9.69 Å². The summed E-state index contributed by atoms with van der Waals surface area (Å²) in [5, 5.41) is 2.72. The third-order valence-electron chi connectivity index (χ3n) is 6.23. The molecule has 4 amide bonds. The van der Waals surface area contributed by atoms with Crippen molar-refractivity contribution in [2.45, 2.75) is 40.2 Å². The van der Waals surface area contributed by atoms with Gasteiger partial charge in [0.25, 0.3) is 11.8 Å². The van der Waals surface area contributed by atoms with Gasteiger partial charge in [0.05, 0.1) is 16.2 Å². The molecule has 6 nitrogen and oxygen atoms in total. The zero-order valence-electron chi connectivity index (χ0n) is 19.6. The smallest absolute Gasteiger partial charge is 0.335 e. The number of benzene rings is 2. The Bertz CT molecular complexity index is 1310. The molecule has 1 saturated heterocycles. The molecule has 1 N–H and O–H groups in total. The van der Waals surface area contributed by atoms with Gasteiger partial charge < -0.3 is 4.90 Å². The normalized spacial score (nSPS) is 18.7. The molecule has 2 aromatic rings. The molecule has 0 unspecified atom stereocenters. The van der Waals surface area contributed by atoms with E-state index in [2.05, 4.69) is 50.1 Å². The molecule has 1 fully saturated rings. The van der Waals surface area contributed by atoms with Crippen LogP contribution >= 0.6 is 23.2 Å². The van der Waals surface area contributed by atoms with Crippen molar-refractivity contribution in [2.24, 2.45) is 0 Å². The number of halogens is 2. The molecule has 4 rings (SSSR count). The van der Waals surface area contributed by atoms with Gasteiger partial charge in [0, 0.05) is 22.8 Å². The summed E-state index contributed by atoms with van der Waals surface area (Å²) in [5.74, 6) is -1.50. The predicted molar refractivity (Wildman–Crippen MR) is 137 cm³/mol. The first-order valence-corrected chi connectivity index (χ1v) is 11.7. The summed E-state index contributed by atoms with van der Waals surface area (Å²) in [6, 6.07) is 7.62. The largest absolute Gasteiger partial charge is 0.363 e. The zero-order chi connectivity index (χ0) is 24.9. The number of hydrogen-bond donors (Lipinski definition) is 1. The highest BCUT2D eigenvalue weighted by Crippen LogP contribution is 2.40. The number of rotatable bonds is 3. The minimum absolute atomic E-state index is 0.123. The first kappa shape index (κ1) is 24.0. The average Bonchev–Trinajstić information content (AvgIpc) is 2.72. The zero-order valence-corrected chi connectivity index (χ0v) is 21.1. The lowest BCUT2D eigenvalue weighted by atomic mass is 9.86. The van der Waals surface area contributed by atoms with Crippen LogP contribution in [0, 0.1) is 6.92 Å². The summed E-state index contributed by atoms with van der Waals surface area (Å²) in [6.45, 7) is 11.3. The highest BCUT2D eigenvalue weighted by atomic mass is 35.5. The minimum atomic E-state index is -0.863. The second-order valence-corrected chi connectivity index (χ2v) is 9.85. The van der Waals surface area contributed by atoms with Gasteiger partial charge in [0.1, 0.15) is 5.57 Å². The van der Waals surface area contributed by atoms with Crippen LogP contribution in [0.25, 0.3) is 11.6 Å². The van der Waals surface area contributed by atoms with E-state index in [-0.39, 0.29) is 21.8 Å². The number of hydrogen-bond acceptors (Lipinski definition) is 4. The molecule has 2 aliphatic heterocycles. The molecule has 8 heteroatoms. The number of carbonyl (C=O) groups is 3. The number of urea groups is 1. The third-order valence-corrected chi connectivity index (χ3v) is 6.77. The summed E-state index contributed by atoms with van der Waals surface area (Å²) < 4.78 is 0. The fourth-order valence-corrected chi connectivity index (χ4v) is 5.17. The van der Waals surface area contributed by atoms with Gasteiger partial charge in [-0.2, -0.15) is 0 Å². The van der Waals surface area contributed by atoms with Crippen molar-refractivity contribution in [1.82, 2.24) is 5.32 Å². The Balaban J connectivity index is 1.81. The number of anilines is 2. The fourth-order valence-electron chi connectivity index (χ4n) is 4.67. The van der Waals surface area contributed by atoms with Gasteiger partial charge in [-0.3, -0.25) is 14.9 Å². The number of likely N-dealkylation sites (N-methyl/N-ethyl adjacent to an activating group) is 1. The van der Waals surface area contributed by atoms with E-state index in [1.807, 2.05) is 13.0 Å². The molecule has 0 atom stereocenters. The number of aryl methyl sites for hydroxylation is 1. The van der Waals surface area contributed by atoms with Crippen molar-refractivity contribution < 1.29 is 14.4 Å². The van der Waals surface area contributed by atoms with Gasteiger partial charge in [0.2, 0.25) is 0 Å². The molecule has 2 aliphatic rings. The molecule has 0 saturated carbocycles. The molecular formula is C26H25Cl2N3O3. The molecule has 0 radical (unpaired) electrons. The Hall–Kier alpha value is -3.09. The van der Waals surface area contributed by atoms with Crippen molar-refractivity contribution in [3.05, 3.63) is 68.7 Å². The van der Waals surface area contributed by atoms with E-state index in [0.29, 0.717) is 5.02 Å². The van der Waals surface area contributed by atoms with Gasteiger partial charge in [-0.15, -0.1) is 0 Å². The molecule has 0 bridgehead atoms. The van der Waals surface area contributed by atoms with Gasteiger partial charge in [0.15, 0.2) is 0 Å². The number of fused-ring (bicyclic) bond motifs is 1. The van der Waals surface area contributed by atoms with Crippen LogP contribution in [0.4, 0.5) is 16.2 Å². The first-order valence-electron chi connectivity index (χ1n) is 10.9. The van der Waals surface area contributed by atoms with Crippen molar-refractivity contribution >= 4 is 64.1 Å². The minimum Gasteiger partial charge on any atom is -0.363 e. The van der Waals surface area contributed by atoms with E-state index >= 15 is 0 Å². The Kier molecular flexibility index (Phi) is 6.08. The molecule has 34 heavy (non-hydrogen) atoms. The maximum Gasteiger partial charge on any atom is 0.335 e. The third kappa shape index (κ3) is 4.01. The van der Waals surface area contributed by atoms with Crippen molar-refractivity contribution in [3.8, 4) is 0 Å². The molecular weight excluding hydrogens is 473 g/mol. The summed E-state index contributed by atoms with van der Waals surface area (Å²) in [7, 11) is 0. The molecule has 0 aromatic heterocycles. The highest BCUT2D eigenvalue weighted by molar-refractivity contribution is 6.42. The number of imide groups is 2. The topological polar surface area (TPSA) is 69.7 Å². The Morgan fingerprint density at radius 1 is 1.03 bits per heavy atom. The number of nitrogens with zero attached hydrogens (tertiary/aromatic N) is 2. The van der Waals surface area contributed by atoms with Crippen LogP contribution in [0.2, 0.25) is 10.0 Å². The second-order valence-electron chi connectivity index (χ2n) is 9.00. The standard InChI is InChI=1S/C26H25Cl2N3O3/c1-6-30-22-9-14(2)16(10-18(22)15(3)13-26(30,4)5)11-19-23(32)29-25(34)31(24(19)33)21-8-7-17(27)12-20(21)28/h7-13H,6H2,1-5H3,(H,29,32,34)/b19-11+. The van der Waals surface area contributed by atoms with Crippen LogP contribution < -0.4 is 15.1 Å². The van der Waals surface area contributed by atoms with E-state index in [0.717, 1.165) is 39.4 Å². The lowest BCUT2D eigenvalue weighted by Gasteiger charge is -2.43. The fraction of sp³-hybridized carbons (Fsp3) is 0.269. The molecule has 2 heterocycles. The molecule has 2 aromatic carbocycles. The van der Waals surface area contributed by atoms with Gasteiger partial charge in [-0.05, 0) is 87.7 Å². The van der Waals surface area contributed by atoms with Crippen molar-refractivity contribution in [2.75, 3.05) is 16.3 Å². The van der Waals surface area contributed by atoms with E-state index in [1.165, 1.54) is 24.3 Å². The summed E-state index contributed by atoms with van der Waals surface area (Å²) >= 11 is 12.2. The monoisotopic (exact) mass is 497 g/mol. The van der Waals surface area contributed by atoms with Crippen LogP contribution in [0.3, 0.4) is 0 Å². The molecule has 176 valence electrons. The SMILES string of the molecule is CCN1c2cc(C)c(/C=C3\C(=O)NC(=O)N(c4ccc(Cl)cc4Cl)C3=O)cc2C(C)=CC1(C)C. The molecule has 0 aliphatic carbocycles. The Morgan fingerprint density at radius 3 is 2.38 bits per heavy atom. The summed E-state index contributed by atoms with van der Waals surface area (Å²) in [4.78, 5) is 41.7. The number of carbonyl (C=O) groups excluding carboxylic acids is 3. The van der Waals surface area contributed by atoms with Crippen LogP contribution in [0.1, 0.15) is 44.4 Å². The first-order chi connectivity index (χ1) is 15.9. The summed E-state index contributed by atoms with van der Waals surface area (Å²) in [6.07, 6.45) is 3.74. The number of barbiturate groups is 1. The maximum absolute atomic E-state index is 13.3. The quantitative estimate of drug-likeness (QED) is 0.417. The van der Waals surface area contributed by atoms with Crippen LogP contribution in [-0.4, -0.2) is 29.9 Å². The number of amides is 4. The maximum atomic E-state index is 13.3. The highest BCUT2D eigenvalue weighted by Gasteiger charge is 2.38. The molecule has 0 spiro atoms. The van der Waals surface area contributed by atoms with Crippen molar-refractivity contribution in [1.29, 1.82) is 0 Å². The number of allylic oxidation sites excluding steroid dienone is 1. The Morgan fingerprint density at radius 2 is 1.74 bits per heavy atom.